The maximum Gasteiger partial charge on any atom is 0.254 e. The number of nitrogens with zero attached hydrogens (tertiary/aromatic N) is 1. The van der Waals surface area contributed by atoms with Gasteiger partial charge >= 0.3 is 0 Å². The largest absolute Gasteiger partial charge is 0.508 e. The predicted octanol–water partition coefficient (Wildman–Crippen LogP) is 2.09. The van der Waals surface area contributed by atoms with Crippen molar-refractivity contribution in [2.75, 3.05) is 12.9 Å². The maximum atomic E-state index is 11.9. The number of rotatable bonds is 3. The molecule has 1 aromatic carbocycles. The zero-order chi connectivity index (χ0) is 11.4. The lowest BCUT2D eigenvalue weighted by atomic mass is 10.2. The Hall–Kier alpha value is -1.22. The molecule has 3 nitrogen and oxygen atoms in total. The summed E-state index contributed by atoms with van der Waals surface area (Å²) in [6.07, 6.45) is 0. The van der Waals surface area contributed by atoms with Crippen LogP contribution in [0.4, 0.5) is 0 Å². The molecular formula is C11H14ClNO2. The van der Waals surface area contributed by atoms with Gasteiger partial charge in [0, 0.05) is 24.5 Å². The van der Waals surface area contributed by atoms with Crippen LogP contribution in [0, 0.1) is 0 Å². The Labute approximate surface area is 94.3 Å². The minimum Gasteiger partial charge on any atom is -0.508 e. The van der Waals surface area contributed by atoms with Crippen LogP contribution in [0.15, 0.2) is 24.3 Å². The van der Waals surface area contributed by atoms with E-state index >= 15 is 0 Å². The lowest BCUT2D eigenvalue weighted by molar-refractivity contribution is 0.0756. The van der Waals surface area contributed by atoms with E-state index in [0.717, 1.165) is 0 Å². The molecule has 0 aliphatic heterocycles. The summed E-state index contributed by atoms with van der Waals surface area (Å²) in [4.78, 5) is 13.4. The van der Waals surface area contributed by atoms with Crippen molar-refractivity contribution in [1.29, 1.82) is 0 Å². The Morgan fingerprint density at radius 1 is 1.60 bits per heavy atom. The van der Waals surface area contributed by atoms with Gasteiger partial charge in [-0.2, -0.15) is 0 Å². The lowest BCUT2D eigenvalue weighted by Crippen LogP contribution is -2.36. The summed E-state index contributed by atoms with van der Waals surface area (Å²) in [5, 5.41) is 9.24. The first-order valence-electron chi connectivity index (χ1n) is 4.68. The van der Waals surface area contributed by atoms with Crippen molar-refractivity contribution < 1.29 is 9.90 Å². The zero-order valence-corrected chi connectivity index (χ0v) is 9.53. The van der Waals surface area contributed by atoms with E-state index < -0.39 is 0 Å². The van der Waals surface area contributed by atoms with Gasteiger partial charge in [0.25, 0.3) is 5.91 Å². The summed E-state index contributed by atoms with van der Waals surface area (Å²) in [6, 6.07) is 6.25. The fourth-order valence-electron chi connectivity index (χ4n) is 1.15. The molecule has 0 fully saturated rings. The highest BCUT2D eigenvalue weighted by Crippen LogP contribution is 2.13. The number of phenolic OH excluding ortho intramolecular Hbond substituents is 1. The molecule has 1 atom stereocenters. The molecule has 0 heterocycles. The monoisotopic (exact) mass is 227 g/mol. The molecule has 82 valence electrons. The van der Waals surface area contributed by atoms with Crippen LogP contribution in [0.25, 0.3) is 0 Å². The third-order valence-corrected chi connectivity index (χ3v) is 2.74. The van der Waals surface area contributed by atoms with Crippen LogP contribution in [0.2, 0.25) is 0 Å². The molecule has 1 rings (SSSR count). The van der Waals surface area contributed by atoms with Gasteiger partial charge in [-0.05, 0) is 25.1 Å². The Bertz CT molecular complexity index is 354. The molecule has 0 aliphatic carbocycles. The van der Waals surface area contributed by atoms with E-state index in [-0.39, 0.29) is 17.7 Å². The SMILES string of the molecule is CC(CCl)N(C)C(=O)c1cccc(O)c1. The Morgan fingerprint density at radius 3 is 2.80 bits per heavy atom. The van der Waals surface area contributed by atoms with Gasteiger partial charge in [0.1, 0.15) is 5.75 Å². The summed E-state index contributed by atoms with van der Waals surface area (Å²) in [5.74, 6) is 0.341. The molecular weight excluding hydrogens is 214 g/mol. The summed E-state index contributed by atoms with van der Waals surface area (Å²) >= 11 is 5.67. The molecule has 1 N–H and O–H groups in total. The molecule has 0 aromatic heterocycles. The molecule has 4 heteroatoms. The Balaban J connectivity index is 2.85. The third kappa shape index (κ3) is 2.86. The van der Waals surface area contributed by atoms with Gasteiger partial charge in [-0.3, -0.25) is 4.79 Å². The summed E-state index contributed by atoms with van der Waals surface area (Å²) in [7, 11) is 1.69. The average Bonchev–Trinajstić information content (AvgIpc) is 2.26. The first-order chi connectivity index (χ1) is 7.06. The van der Waals surface area contributed by atoms with Gasteiger partial charge in [0.2, 0.25) is 0 Å². The normalized spacial score (nSPS) is 12.2. The van der Waals surface area contributed by atoms with E-state index in [0.29, 0.717) is 11.4 Å². The minimum atomic E-state index is -0.140. The highest BCUT2D eigenvalue weighted by atomic mass is 35.5. The molecule has 0 bridgehead atoms. The smallest absolute Gasteiger partial charge is 0.254 e. The Kier molecular flexibility index (Phi) is 3.97. The number of carbonyl (C=O) groups is 1. The molecule has 15 heavy (non-hydrogen) atoms. The number of hydrogen-bond acceptors (Lipinski definition) is 2. The van der Waals surface area contributed by atoms with Crippen LogP contribution in [-0.2, 0) is 0 Å². The van der Waals surface area contributed by atoms with Crippen molar-refractivity contribution in [3.8, 4) is 5.75 Å². The van der Waals surface area contributed by atoms with E-state index in [1.54, 1.807) is 24.1 Å². The zero-order valence-electron chi connectivity index (χ0n) is 8.77. The second-order valence-electron chi connectivity index (χ2n) is 3.47. The van der Waals surface area contributed by atoms with Crippen LogP contribution < -0.4 is 0 Å². The molecule has 0 saturated carbocycles. The maximum absolute atomic E-state index is 11.9. The van der Waals surface area contributed by atoms with E-state index in [9.17, 15) is 9.90 Å². The van der Waals surface area contributed by atoms with Gasteiger partial charge < -0.3 is 10.0 Å². The van der Waals surface area contributed by atoms with Gasteiger partial charge in [-0.1, -0.05) is 6.07 Å². The number of amides is 1. The molecule has 1 amide bonds. The highest BCUT2D eigenvalue weighted by molar-refractivity contribution is 6.18. The lowest BCUT2D eigenvalue weighted by Gasteiger charge is -2.23. The van der Waals surface area contributed by atoms with Crippen molar-refractivity contribution in [3.63, 3.8) is 0 Å². The number of phenols is 1. The average molecular weight is 228 g/mol. The predicted molar refractivity (Wildman–Crippen MR) is 60.4 cm³/mol. The van der Waals surface area contributed by atoms with Gasteiger partial charge in [-0.25, -0.2) is 0 Å². The highest BCUT2D eigenvalue weighted by Gasteiger charge is 2.16. The second kappa shape index (κ2) is 5.03. The number of aromatic hydroxyl groups is 1. The van der Waals surface area contributed by atoms with E-state index in [4.69, 9.17) is 11.6 Å². The van der Waals surface area contributed by atoms with Crippen LogP contribution in [0.3, 0.4) is 0 Å². The van der Waals surface area contributed by atoms with Crippen molar-refractivity contribution in [3.05, 3.63) is 29.8 Å². The number of benzene rings is 1. The van der Waals surface area contributed by atoms with Crippen LogP contribution >= 0.6 is 11.6 Å². The molecule has 0 aliphatic rings. The van der Waals surface area contributed by atoms with E-state index in [1.807, 2.05) is 6.92 Å². The van der Waals surface area contributed by atoms with Gasteiger partial charge in [-0.15, -0.1) is 11.6 Å². The van der Waals surface area contributed by atoms with Gasteiger partial charge in [0.05, 0.1) is 0 Å². The van der Waals surface area contributed by atoms with E-state index in [1.165, 1.54) is 12.1 Å². The fourth-order valence-corrected chi connectivity index (χ4v) is 1.35. The summed E-state index contributed by atoms with van der Waals surface area (Å²) < 4.78 is 0. The van der Waals surface area contributed by atoms with Crippen LogP contribution in [-0.4, -0.2) is 34.9 Å². The van der Waals surface area contributed by atoms with E-state index in [2.05, 4.69) is 0 Å². The van der Waals surface area contributed by atoms with Crippen molar-refractivity contribution in [1.82, 2.24) is 4.90 Å². The molecule has 0 radical (unpaired) electrons. The molecule has 0 saturated heterocycles. The first kappa shape index (κ1) is 11.9. The van der Waals surface area contributed by atoms with Crippen LogP contribution in [0.5, 0.6) is 5.75 Å². The van der Waals surface area contributed by atoms with Gasteiger partial charge in [0.15, 0.2) is 0 Å². The number of alkyl halides is 1. The number of halogens is 1. The first-order valence-corrected chi connectivity index (χ1v) is 5.22. The quantitative estimate of drug-likeness (QED) is 0.804. The molecule has 1 aromatic rings. The minimum absolute atomic E-state index is 0.0264. The van der Waals surface area contributed by atoms with Crippen molar-refractivity contribution >= 4 is 17.5 Å². The van der Waals surface area contributed by atoms with Crippen molar-refractivity contribution in [2.45, 2.75) is 13.0 Å². The summed E-state index contributed by atoms with van der Waals surface area (Å²) in [5.41, 5.74) is 0.467. The second-order valence-corrected chi connectivity index (χ2v) is 3.78. The number of hydrogen-bond donors (Lipinski definition) is 1. The summed E-state index contributed by atoms with van der Waals surface area (Å²) in [6.45, 7) is 1.87. The third-order valence-electron chi connectivity index (χ3n) is 2.30. The topological polar surface area (TPSA) is 40.5 Å². The standard InChI is InChI=1S/C11H14ClNO2/c1-8(7-12)13(2)11(15)9-4-3-5-10(14)6-9/h3-6,8,14H,7H2,1-2H3. The Morgan fingerprint density at radius 2 is 2.27 bits per heavy atom. The van der Waals surface area contributed by atoms with Crippen LogP contribution in [0.1, 0.15) is 17.3 Å². The molecule has 0 spiro atoms. The fraction of sp³-hybridized carbons (Fsp3) is 0.364. The number of carbonyl (C=O) groups excluding carboxylic acids is 1. The van der Waals surface area contributed by atoms with Crippen molar-refractivity contribution in [2.24, 2.45) is 0 Å². The molecule has 1 unspecified atom stereocenters.